The van der Waals surface area contributed by atoms with Crippen LogP contribution in [0, 0.1) is 0 Å². The summed E-state index contributed by atoms with van der Waals surface area (Å²) in [5.41, 5.74) is -2.72. The molecule has 1 N–H and O–H groups in total. The molecular weight excluding hydrogens is 331 g/mol. The molecule has 1 rings (SSSR count). The fourth-order valence-electron chi connectivity index (χ4n) is 1.42. The van der Waals surface area contributed by atoms with Crippen molar-refractivity contribution in [3.05, 3.63) is 34.9 Å². The SMILES string of the molecule is Cl.FC(F)(F)c1cc(CNCCCl)cc(C(F)(F)F)c1. The molecule has 0 aliphatic carbocycles. The highest BCUT2D eigenvalue weighted by Gasteiger charge is 2.36. The van der Waals surface area contributed by atoms with E-state index in [-0.39, 0.29) is 36.5 Å². The second-order valence-corrected chi connectivity index (χ2v) is 4.16. The van der Waals surface area contributed by atoms with E-state index in [9.17, 15) is 26.3 Å². The van der Waals surface area contributed by atoms with Gasteiger partial charge in [0.05, 0.1) is 11.1 Å². The van der Waals surface area contributed by atoms with Crippen LogP contribution in [-0.4, -0.2) is 12.4 Å². The van der Waals surface area contributed by atoms with Gasteiger partial charge in [0.1, 0.15) is 0 Å². The van der Waals surface area contributed by atoms with Crippen LogP contribution in [0.4, 0.5) is 26.3 Å². The molecule has 0 saturated carbocycles. The van der Waals surface area contributed by atoms with E-state index in [0.29, 0.717) is 18.7 Å². The fraction of sp³-hybridized carbons (Fsp3) is 0.455. The number of benzene rings is 1. The lowest BCUT2D eigenvalue weighted by Crippen LogP contribution is -2.18. The number of hydrogen-bond donors (Lipinski definition) is 1. The van der Waals surface area contributed by atoms with Crippen molar-refractivity contribution < 1.29 is 26.3 Å². The summed E-state index contributed by atoms with van der Waals surface area (Å²) in [7, 11) is 0. The molecular formula is C11H11Cl2F6N. The summed E-state index contributed by atoms with van der Waals surface area (Å²) in [6.07, 6.45) is -9.63. The lowest BCUT2D eigenvalue weighted by molar-refractivity contribution is -0.143. The first-order chi connectivity index (χ1) is 8.64. The molecule has 0 bridgehead atoms. The maximum absolute atomic E-state index is 12.5. The Morgan fingerprint density at radius 1 is 0.900 bits per heavy atom. The van der Waals surface area contributed by atoms with Gasteiger partial charge in [0.25, 0.3) is 0 Å². The third-order valence-corrected chi connectivity index (χ3v) is 2.44. The molecule has 0 saturated heterocycles. The van der Waals surface area contributed by atoms with E-state index in [0.717, 1.165) is 0 Å². The van der Waals surface area contributed by atoms with Crippen LogP contribution < -0.4 is 5.32 Å². The third-order valence-electron chi connectivity index (χ3n) is 2.25. The summed E-state index contributed by atoms with van der Waals surface area (Å²) < 4.78 is 75.1. The Kier molecular flexibility index (Phi) is 7.13. The predicted molar refractivity (Wildman–Crippen MR) is 66.1 cm³/mol. The van der Waals surface area contributed by atoms with Gasteiger partial charge in [-0.15, -0.1) is 24.0 Å². The molecule has 0 unspecified atom stereocenters. The highest BCUT2D eigenvalue weighted by molar-refractivity contribution is 6.18. The lowest BCUT2D eigenvalue weighted by Gasteiger charge is -2.14. The third kappa shape index (κ3) is 5.76. The van der Waals surface area contributed by atoms with Gasteiger partial charge in [0.15, 0.2) is 0 Å². The maximum atomic E-state index is 12.5. The molecule has 1 aromatic rings. The Labute approximate surface area is 122 Å². The van der Waals surface area contributed by atoms with Gasteiger partial charge in [-0.3, -0.25) is 0 Å². The van der Waals surface area contributed by atoms with Gasteiger partial charge >= 0.3 is 12.4 Å². The number of alkyl halides is 7. The first kappa shape index (κ1) is 19.3. The zero-order valence-corrected chi connectivity index (χ0v) is 11.5. The van der Waals surface area contributed by atoms with Crippen LogP contribution in [0.15, 0.2) is 18.2 Å². The number of halogens is 8. The van der Waals surface area contributed by atoms with Crippen molar-refractivity contribution in [2.75, 3.05) is 12.4 Å². The van der Waals surface area contributed by atoms with Crippen LogP contribution in [0.1, 0.15) is 16.7 Å². The van der Waals surface area contributed by atoms with Gasteiger partial charge in [0.2, 0.25) is 0 Å². The van der Waals surface area contributed by atoms with Gasteiger partial charge in [-0.2, -0.15) is 26.3 Å². The quantitative estimate of drug-likeness (QED) is 0.484. The van der Waals surface area contributed by atoms with Crippen LogP contribution in [-0.2, 0) is 18.9 Å². The Morgan fingerprint density at radius 2 is 1.35 bits per heavy atom. The van der Waals surface area contributed by atoms with Crippen molar-refractivity contribution in [3.63, 3.8) is 0 Å². The van der Waals surface area contributed by atoms with Gasteiger partial charge in [-0.25, -0.2) is 0 Å². The molecule has 0 aliphatic rings. The van der Waals surface area contributed by atoms with Crippen molar-refractivity contribution in [3.8, 4) is 0 Å². The van der Waals surface area contributed by atoms with Crippen molar-refractivity contribution in [2.24, 2.45) is 0 Å². The molecule has 116 valence electrons. The Morgan fingerprint density at radius 3 is 1.70 bits per heavy atom. The lowest BCUT2D eigenvalue weighted by atomic mass is 10.0. The Hall–Kier alpha value is -0.660. The van der Waals surface area contributed by atoms with E-state index in [4.69, 9.17) is 11.6 Å². The summed E-state index contributed by atoms with van der Waals surface area (Å²) in [5, 5.41) is 2.64. The molecule has 0 heterocycles. The highest BCUT2D eigenvalue weighted by atomic mass is 35.5. The van der Waals surface area contributed by atoms with E-state index in [1.807, 2.05) is 0 Å². The minimum atomic E-state index is -4.82. The summed E-state index contributed by atoms with van der Waals surface area (Å²) in [5.74, 6) is 0.213. The van der Waals surface area contributed by atoms with Gasteiger partial charge in [-0.05, 0) is 23.8 Å². The molecule has 0 aromatic heterocycles. The van der Waals surface area contributed by atoms with Crippen molar-refractivity contribution in [2.45, 2.75) is 18.9 Å². The highest BCUT2D eigenvalue weighted by Crippen LogP contribution is 2.36. The zero-order valence-electron chi connectivity index (χ0n) is 9.91. The number of rotatable bonds is 4. The molecule has 0 aliphatic heterocycles. The van der Waals surface area contributed by atoms with E-state index in [2.05, 4.69) is 5.32 Å². The van der Waals surface area contributed by atoms with Gasteiger partial charge < -0.3 is 5.32 Å². The first-order valence-corrected chi connectivity index (χ1v) is 5.73. The normalized spacial score (nSPS) is 12.2. The number of hydrogen-bond acceptors (Lipinski definition) is 1. The second-order valence-electron chi connectivity index (χ2n) is 3.78. The maximum Gasteiger partial charge on any atom is 0.416 e. The Bertz CT molecular complexity index is 398. The largest absolute Gasteiger partial charge is 0.416 e. The van der Waals surface area contributed by atoms with Crippen molar-refractivity contribution in [1.29, 1.82) is 0 Å². The van der Waals surface area contributed by atoms with Crippen LogP contribution in [0.5, 0.6) is 0 Å². The second kappa shape index (κ2) is 7.38. The number of nitrogens with one attached hydrogen (secondary N) is 1. The van der Waals surface area contributed by atoms with Crippen LogP contribution in [0.25, 0.3) is 0 Å². The first-order valence-electron chi connectivity index (χ1n) is 5.19. The van der Waals surface area contributed by atoms with Gasteiger partial charge in [0, 0.05) is 19.0 Å². The molecule has 0 amide bonds. The molecule has 1 nitrogen and oxygen atoms in total. The van der Waals surface area contributed by atoms with Gasteiger partial charge in [-0.1, -0.05) is 0 Å². The summed E-state index contributed by atoms with van der Waals surface area (Å²) in [6, 6.07) is 1.48. The smallest absolute Gasteiger partial charge is 0.311 e. The van der Waals surface area contributed by atoms with E-state index in [1.54, 1.807) is 0 Å². The van der Waals surface area contributed by atoms with E-state index in [1.165, 1.54) is 0 Å². The molecule has 1 aromatic carbocycles. The zero-order chi connectivity index (χ0) is 14.7. The van der Waals surface area contributed by atoms with E-state index < -0.39 is 23.5 Å². The van der Waals surface area contributed by atoms with Crippen molar-refractivity contribution >= 4 is 24.0 Å². The Balaban J connectivity index is 0.00000361. The minimum absolute atomic E-state index is 0. The predicted octanol–water partition coefficient (Wildman–Crippen LogP) is 4.47. The average molecular weight is 342 g/mol. The van der Waals surface area contributed by atoms with E-state index >= 15 is 0 Å². The van der Waals surface area contributed by atoms with Crippen LogP contribution >= 0.6 is 24.0 Å². The van der Waals surface area contributed by atoms with Crippen LogP contribution in [0.2, 0.25) is 0 Å². The van der Waals surface area contributed by atoms with Crippen LogP contribution in [0.3, 0.4) is 0 Å². The fourth-order valence-corrected chi connectivity index (χ4v) is 1.55. The summed E-state index contributed by atoms with van der Waals surface area (Å²) in [6.45, 7) is 0.179. The molecule has 0 atom stereocenters. The standard InChI is InChI=1S/C11H10ClF6N.ClH/c12-1-2-19-6-7-3-8(10(13,14)15)5-9(4-7)11(16,17)18;/h3-5,19H,1-2,6H2;1H. The molecule has 20 heavy (non-hydrogen) atoms. The average Bonchev–Trinajstić information content (AvgIpc) is 2.27. The molecule has 0 radical (unpaired) electrons. The molecule has 9 heteroatoms. The molecule has 0 fully saturated rings. The van der Waals surface area contributed by atoms with Crippen molar-refractivity contribution in [1.82, 2.24) is 5.32 Å². The monoisotopic (exact) mass is 341 g/mol. The summed E-state index contributed by atoms with van der Waals surface area (Å²) >= 11 is 5.35. The topological polar surface area (TPSA) is 12.0 Å². The minimum Gasteiger partial charge on any atom is -0.311 e. The molecule has 0 spiro atoms. The summed E-state index contributed by atoms with van der Waals surface area (Å²) in [4.78, 5) is 0.